The van der Waals surface area contributed by atoms with Gasteiger partial charge in [-0.05, 0) is 25.6 Å². The molecule has 1 aromatic heterocycles. The second-order valence-corrected chi connectivity index (χ2v) is 3.84. The van der Waals surface area contributed by atoms with Crippen LogP contribution in [-0.4, -0.2) is 28.7 Å². The molecule has 0 aliphatic heterocycles. The quantitative estimate of drug-likeness (QED) is 0.820. The zero-order valence-electron chi connectivity index (χ0n) is 9.33. The van der Waals surface area contributed by atoms with Gasteiger partial charge in [0.05, 0.1) is 0 Å². The van der Waals surface area contributed by atoms with Gasteiger partial charge in [0.1, 0.15) is 0 Å². The van der Waals surface area contributed by atoms with Crippen LogP contribution in [0.2, 0.25) is 5.15 Å². The summed E-state index contributed by atoms with van der Waals surface area (Å²) < 4.78 is 0. The van der Waals surface area contributed by atoms with Crippen molar-refractivity contribution in [3.63, 3.8) is 0 Å². The predicted molar refractivity (Wildman–Crippen MR) is 63.4 cm³/mol. The number of nitrogens with one attached hydrogen (secondary N) is 2. The van der Waals surface area contributed by atoms with Crippen LogP contribution in [0.25, 0.3) is 0 Å². The predicted octanol–water partition coefficient (Wildman–Crippen LogP) is 1.46. The van der Waals surface area contributed by atoms with Gasteiger partial charge >= 0.3 is 0 Å². The summed E-state index contributed by atoms with van der Waals surface area (Å²) in [5.41, 5.74) is 0. The van der Waals surface area contributed by atoms with Crippen molar-refractivity contribution in [1.82, 2.24) is 15.5 Å². The third kappa shape index (κ3) is 4.55. The fraction of sp³-hybridized carbons (Fsp3) is 0.500. The summed E-state index contributed by atoms with van der Waals surface area (Å²) in [5, 5.41) is 13.5. The molecule has 0 aromatic carbocycles. The molecule has 1 unspecified atom stereocenters. The van der Waals surface area contributed by atoms with Gasteiger partial charge in [0, 0.05) is 12.5 Å². The van der Waals surface area contributed by atoms with Gasteiger partial charge < -0.3 is 10.6 Å². The van der Waals surface area contributed by atoms with Crippen molar-refractivity contribution in [2.24, 2.45) is 0 Å². The fourth-order valence-corrected chi connectivity index (χ4v) is 1.38. The van der Waals surface area contributed by atoms with E-state index in [0.29, 0.717) is 17.4 Å². The maximum atomic E-state index is 11.5. The van der Waals surface area contributed by atoms with Crippen molar-refractivity contribution in [3.8, 4) is 0 Å². The van der Waals surface area contributed by atoms with Gasteiger partial charge in [0.15, 0.2) is 11.0 Å². The molecule has 0 aliphatic rings. The van der Waals surface area contributed by atoms with Crippen LogP contribution < -0.4 is 10.6 Å². The van der Waals surface area contributed by atoms with Crippen molar-refractivity contribution in [3.05, 3.63) is 17.3 Å². The van der Waals surface area contributed by atoms with Gasteiger partial charge in [-0.2, -0.15) is 0 Å². The Kier molecular flexibility index (Phi) is 5.14. The topological polar surface area (TPSA) is 66.9 Å². The van der Waals surface area contributed by atoms with Gasteiger partial charge in [-0.25, -0.2) is 0 Å². The fourth-order valence-electron chi connectivity index (χ4n) is 1.28. The number of carbonyl (C=O) groups is 1. The number of hydrogen-bond donors (Lipinski definition) is 2. The van der Waals surface area contributed by atoms with Crippen LogP contribution in [0.4, 0.5) is 5.82 Å². The van der Waals surface area contributed by atoms with Crippen molar-refractivity contribution in [2.45, 2.75) is 26.3 Å². The maximum absolute atomic E-state index is 11.5. The normalized spacial score (nSPS) is 12.2. The largest absolute Gasteiger partial charge is 0.314 e. The lowest BCUT2D eigenvalue weighted by Crippen LogP contribution is -2.30. The number of nitrogens with zero attached hydrogens (tertiary/aromatic N) is 2. The van der Waals surface area contributed by atoms with E-state index in [1.165, 1.54) is 0 Å². The first-order valence-electron chi connectivity index (χ1n) is 5.14. The van der Waals surface area contributed by atoms with Crippen LogP contribution in [0, 0.1) is 0 Å². The molecule has 16 heavy (non-hydrogen) atoms. The molecule has 0 bridgehead atoms. The first-order chi connectivity index (χ1) is 7.61. The average Bonchev–Trinajstić information content (AvgIpc) is 2.21. The Labute approximate surface area is 99.6 Å². The van der Waals surface area contributed by atoms with Gasteiger partial charge in [-0.1, -0.05) is 18.5 Å². The number of hydrogen-bond acceptors (Lipinski definition) is 4. The smallest absolute Gasteiger partial charge is 0.227 e. The van der Waals surface area contributed by atoms with E-state index in [1.54, 1.807) is 12.1 Å². The molecule has 1 aromatic rings. The van der Waals surface area contributed by atoms with Crippen molar-refractivity contribution < 1.29 is 4.79 Å². The highest BCUT2D eigenvalue weighted by Gasteiger charge is 2.08. The van der Waals surface area contributed by atoms with Crippen LogP contribution in [0.1, 0.15) is 20.3 Å². The van der Waals surface area contributed by atoms with Gasteiger partial charge in [0.25, 0.3) is 0 Å². The highest BCUT2D eigenvalue weighted by atomic mass is 35.5. The van der Waals surface area contributed by atoms with Crippen LogP contribution in [0.5, 0.6) is 0 Å². The molecule has 0 aliphatic carbocycles. The van der Waals surface area contributed by atoms with E-state index in [9.17, 15) is 4.79 Å². The lowest BCUT2D eigenvalue weighted by atomic mass is 10.2. The number of rotatable bonds is 5. The maximum Gasteiger partial charge on any atom is 0.227 e. The van der Waals surface area contributed by atoms with Gasteiger partial charge in [-0.15, -0.1) is 10.2 Å². The van der Waals surface area contributed by atoms with E-state index >= 15 is 0 Å². The van der Waals surface area contributed by atoms with Gasteiger partial charge in [0.2, 0.25) is 5.91 Å². The summed E-state index contributed by atoms with van der Waals surface area (Å²) in [6, 6.07) is 3.34. The van der Waals surface area contributed by atoms with Crippen LogP contribution in [-0.2, 0) is 4.79 Å². The summed E-state index contributed by atoms with van der Waals surface area (Å²) >= 11 is 5.58. The summed E-state index contributed by atoms with van der Waals surface area (Å²) in [5.74, 6) is 0.322. The molecule has 1 rings (SSSR count). The Morgan fingerprint density at radius 1 is 1.50 bits per heavy atom. The molecule has 5 nitrogen and oxygen atoms in total. The highest BCUT2D eigenvalue weighted by Crippen LogP contribution is 2.06. The molecule has 0 saturated heterocycles. The van der Waals surface area contributed by atoms with Crippen LogP contribution in [0.15, 0.2) is 12.1 Å². The molecule has 2 N–H and O–H groups in total. The van der Waals surface area contributed by atoms with Crippen molar-refractivity contribution in [2.75, 3.05) is 11.9 Å². The molecule has 1 amide bonds. The summed E-state index contributed by atoms with van der Waals surface area (Å²) in [7, 11) is 0. The third-order valence-corrected chi connectivity index (χ3v) is 2.15. The SMILES string of the molecule is CCNC(C)CC(=O)Nc1ccc(Cl)nn1. The minimum absolute atomic E-state index is 0.0925. The second-order valence-electron chi connectivity index (χ2n) is 3.45. The molecule has 0 saturated carbocycles. The Balaban J connectivity index is 2.42. The third-order valence-electron chi connectivity index (χ3n) is 1.94. The average molecular weight is 243 g/mol. The van der Waals surface area contributed by atoms with Gasteiger partial charge in [-0.3, -0.25) is 4.79 Å². The Bertz CT molecular complexity index is 341. The summed E-state index contributed by atoms with van der Waals surface area (Å²) in [6.45, 7) is 4.80. The monoisotopic (exact) mass is 242 g/mol. The minimum Gasteiger partial charge on any atom is -0.314 e. The zero-order valence-corrected chi connectivity index (χ0v) is 10.1. The molecule has 1 atom stereocenters. The Hall–Kier alpha value is -1.20. The number of amides is 1. The van der Waals surface area contributed by atoms with E-state index in [1.807, 2.05) is 13.8 Å². The summed E-state index contributed by atoms with van der Waals surface area (Å²) in [6.07, 6.45) is 0.401. The molecule has 0 spiro atoms. The van der Waals surface area contributed by atoms with E-state index in [0.717, 1.165) is 6.54 Å². The van der Waals surface area contributed by atoms with Crippen LogP contribution >= 0.6 is 11.6 Å². The first-order valence-corrected chi connectivity index (χ1v) is 5.52. The molecular weight excluding hydrogens is 228 g/mol. The van der Waals surface area contributed by atoms with Crippen molar-refractivity contribution >= 4 is 23.3 Å². The number of halogens is 1. The first kappa shape index (κ1) is 12.9. The zero-order chi connectivity index (χ0) is 12.0. The van der Waals surface area contributed by atoms with E-state index in [4.69, 9.17) is 11.6 Å². The number of carbonyl (C=O) groups excluding carboxylic acids is 1. The van der Waals surface area contributed by atoms with E-state index in [-0.39, 0.29) is 11.9 Å². The number of anilines is 1. The van der Waals surface area contributed by atoms with E-state index < -0.39 is 0 Å². The molecule has 1 heterocycles. The highest BCUT2D eigenvalue weighted by molar-refractivity contribution is 6.29. The summed E-state index contributed by atoms with van der Waals surface area (Å²) in [4.78, 5) is 11.5. The molecule has 88 valence electrons. The van der Waals surface area contributed by atoms with E-state index in [2.05, 4.69) is 20.8 Å². The Morgan fingerprint density at radius 2 is 2.25 bits per heavy atom. The minimum atomic E-state index is -0.0925. The molecule has 6 heteroatoms. The Morgan fingerprint density at radius 3 is 2.81 bits per heavy atom. The number of aromatic nitrogens is 2. The second kappa shape index (κ2) is 6.40. The molecule has 0 fully saturated rings. The van der Waals surface area contributed by atoms with Crippen LogP contribution in [0.3, 0.4) is 0 Å². The lowest BCUT2D eigenvalue weighted by molar-refractivity contribution is -0.116. The lowest BCUT2D eigenvalue weighted by Gasteiger charge is -2.11. The van der Waals surface area contributed by atoms with Crippen molar-refractivity contribution in [1.29, 1.82) is 0 Å². The molecular formula is C10H15ClN4O. The standard InChI is InChI=1S/C10H15ClN4O/c1-3-12-7(2)6-10(16)13-9-5-4-8(11)14-15-9/h4-5,7,12H,3,6H2,1-2H3,(H,13,15,16). The molecule has 0 radical (unpaired) electrons.